The molecule has 0 aliphatic rings. The Morgan fingerprint density at radius 1 is 1.26 bits per heavy atom. The molecular weight excluding hydrogens is 248 g/mol. The smallest absolute Gasteiger partial charge is 0.112 e. The lowest BCUT2D eigenvalue weighted by Crippen LogP contribution is -2.51. The van der Waals surface area contributed by atoms with Crippen molar-refractivity contribution < 1.29 is 5.11 Å². The SMILES string of the molecule is C=CCCCC(O)(C#Cc1ccccc1)[Si](C)(C)C. The van der Waals surface area contributed by atoms with Crippen LogP contribution >= 0.6 is 0 Å². The third-order valence-electron chi connectivity index (χ3n) is 3.37. The maximum atomic E-state index is 10.9. The first-order valence-corrected chi connectivity index (χ1v) is 10.3. The van der Waals surface area contributed by atoms with E-state index in [-0.39, 0.29) is 0 Å². The van der Waals surface area contributed by atoms with E-state index < -0.39 is 13.3 Å². The second-order valence-corrected chi connectivity index (χ2v) is 11.2. The third kappa shape index (κ3) is 4.70. The van der Waals surface area contributed by atoms with Gasteiger partial charge in [-0.15, -0.1) is 6.58 Å². The van der Waals surface area contributed by atoms with Gasteiger partial charge in [0.15, 0.2) is 0 Å². The van der Waals surface area contributed by atoms with Crippen molar-refractivity contribution in [1.82, 2.24) is 0 Å². The van der Waals surface area contributed by atoms with E-state index in [9.17, 15) is 5.11 Å². The molecule has 0 bridgehead atoms. The molecule has 0 radical (unpaired) electrons. The van der Waals surface area contributed by atoms with Gasteiger partial charge >= 0.3 is 0 Å². The van der Waals surface area contributed by atoms with Crippen molar-refractivity contribution >= 4 is 8.07 Å². The lowest BCUT2D eigenvalue weighted by Gasteiger charge is -2.34. The first-order valence-electron chi connectivity index (χ1n) is 6.80. The van der Waals surface area contributed by atoms with Crippen LogP contribution in [0.5, 0.6) is 0 Å². The minimum absolute atomic E-state index is 0.731. The topological polar surface area (TPSA) is 20.2 Å². The summed E-state index contributed by atoms with van der Waals surface area (Å²) in [7, 11) is -1.77. The highest BCUT2D eigenvalue weighted by atomic mass is 28.3. The minimum Gasteiger partial charge on any atom is -0.381 e. The molecular formula is C17H24OSi. The van der Waals surface area contributed by atoms with E-state index in [2.05, 4.69) is 38.1 Å². The Labute approximate surface area is 118 Å². The Morgan fingerprint density at radius 3 is 2.42 bits per heavy atom. The first kappa shape index (κ1) is 15.8. The van der Waals surface area contributed by atoms with Crippen LogP contribution in [0.3, 0.4) is 0 Å². The number of hydrogen-bond donors (Lipinski definition) is 1. The minimum atomic E-state index is -1.77. The number of hydrogen-bond acceptors (Lipinski definition) is 1. The molecule has 102 valence electrons. The summed E-state index contributed by atoms with van der Waals surface area (Å²) in [4.78, 5) is 0. The molecule has 0 aromatic heterocycles. The second-order valence-electron chi connectivity index (χ2n) is 5.91. The number of allylic oxidation sites excluding steroid dienone is 1. The lowest BCUT2D eigenvalue weighted by atomic mass is 10.1. The van der Waals surface area contributed by atoms with Crippen molar-refractivity contribution in [2.75, 3.05) is 0 Å². The summed E-state index contributed by atoms with van der Waals surface area (Å²) in [5.41, 5.74) is 0.961. The van der Waals surface area contributed by atoms with E-state index in [0.717, 1.165) is 24.8 Å². The fourth-order valence-corrected chi connectivity index (χ4v) is 3.19. The Kier molecular flexibility index (Phi) is 5.59. The molecule has 1 N–H and O–H groups in total. The molecule has 1 nitrogen and oxygen atoms in total. The van der Waals surface area contributed by atoms with Crippen LogP contribution in [-0.4, -0.2) is 18.4 Å². The highest BCUT2D eigenvalue weighted by Crippen LogP contribution is 2.26. The lowest BCUT2D eigenvalue weighted by molar-refractivity contribution is 0.163. The van der Waals surface area contributed by atoms with Gasteiger partial charge in [0.1, 0.15) is 5.22 Å². The summed E-state index contributed by atoms with van der Waals surface area (Å²) in [5, 5.41) is 10.1. The molecule has 1 unspecified atom stereocenters. The van der Waals surface area contributed by atoms with E-state index >= 15 is 0 Å². The van der Waals surface area contributed by atoms with Crippen LogP contribution in [0.4, 0.5) is 0 Å². The fourth-order valence-electron chi connectivity index (χ4n) is 1.82. The fraction of sp³-hybridized carbons (Fsp3) is 0.412. The largest absolute Gasteiger partial charge is 0.381 e. The van der Waals surface area contributed by atoms with Crippen LogP contribution in [0.15, 0.2) is 43.0 Å². The van der Waals surface area contributed by atoms with Crippen LogP contribution < -0.4 is 0 Å². The predicted molar refractivity (Wildman–Crippen MR) is 85.7 cm³/mol. The monoisotopic (exact) mass is 272 g/mol. The summed E-state index contributed by atoms with van der Waals surface area (Å²) in [6, 6.07) is 9.85. The van der Waals surface area contributed by atoms with Crippen LogP contribution in [0.2, 0.25) is 19.6 Å². The van der Waals surface area contributed by atoms with Gasteiger partial charge in [-0.2, -0.15) is 0 Å². The molecule has 0 heterocycles. The van der Waals surface area contributed by atoms with Crippen LogP contribution in [0.25, 0.3) is 0 Å². The summed E-state index contributed by atoms with van der Waals surface area (Å²) in [6.45, 7) is 10.2. The molecule has 2 heteroatoms. The zero-order valence-electron chi connectivity index (χ0n) is 12.2. The summed E-state index contributed by atoms with van der Waals surface area (Å²) >= 11 is 0. The van der Waals surface area contributed by atoms with Crippen molar-refractivity contribution in [2.45, 2.75) is 44.1 Å². The number of rotatable bonds is 5. The van der Waals surface area contributed by atoms with Gasteiger partial charge in [-0.1, -0.05) is 55.8 Å². The standard InChI is InChI=1S/C17H24OSi/c1-5-6-10-14-17(18,19(2,3)4)15-13-16-11-8-7-9-12-16/h5,7-9,11-12,18H,1,6,10,14H2,2-4H3. The van der Waals surface area contributed by atoms with E-state index in [0.29, 0.717) is 0 Å². The Morgan fingerprint density at radius 2 is 1.89 bits per heavy atom. The molecule has 1 aromatic carbocycles. The molecule has 0 saturated heterocycles. The molecule has 0 aliphatic carbocycles. The number of benzene rings is 1. The van der Waals surface area contributed by atoms with E-state index in [1.807, 2.05) is 36.4 Å². The van der Waals surface area contributed by atoms with E-state index in [1.165, 1.54) is 0 Å². The molecule has 0 fully saturated rings. The van der Waals surface area contributed by atoms with Gasteiger partial charge in [0.05, 0.1) is 8.07 Å². The zero-order valence-corrected chi connectivity index (χ0v) is 13.2. The van der Waals surface area contributed by atoms with Crippen molar-refractivity contribution in [3.8, 4) is 11.8 Å². The van der Waals surface area contributed by atoms with Crippen LogP contribution in [0, 0.1) is 11.8 Å². The second kappa shape index (κ2) is 6.74. The number of unbranched alkanes of at least 4 members (excludes halogenated alkanes) is 1. The Bertz CT molecular complexity index is 462. The van der Waals surface area contributed by atoms with Gasteiger partial charge in [0.25, 0.3) is 0 Å². The highest BCUT2D eigenvalue weighted by Gasteiger charge is 2.39. The molecule has 1 aromatic rings. The predicted octanol–water partition coefficient (Wildman–Crippen LogP) is 4.00. The highest BCUT2D eigenvalue weighted by molar-refractivity contribution is 6.79. The van der Waals surface area contributed by atoms with Crippen LogP contribution in [-0.2, 0) is 0 Å². The number of aliphatic hydroxyl groups is 1. The summed E-state index contributed by atoms with van der Waals surface area (Å²) in [5.74, 6) is 6.27. The summed E-state index contributed by atoms with van der Waals surface area (Å²) < 4.78 is 0. The molecule has 19 heavy (non-hydrogen) atoms. The van der Waals surface area contributed by atoms with Gasteiger partial charge in [-0.25, -0.2) is 0 Å². The van der Waals surface area contributed by atoms with Gasteiger partial charge in [0, 0.05) is 5.56 Å². The maximum Gasteiger partial charge on any atom is 0.112 e. The molecule has 0 amide bonds. The maximum absolute atomic E-state index is 10.9. The zero-order chi connectivity index (χ0) is 14.4. The normalized spacial score (nSPS) is 14.1. The molecule has 0 aliphatic heterocycles. The molecule has 1 rings (SSSR count). The Hall–Kier alpha value is -1.30. The van der Waals surface area contributed by atoms with Crippen molar-refractivity contribution in [3.05, 3.63) is 48.6 Å². The average Bonchev–Trinajstić information content (AvgIpc) is 2.37. The van der Waals surface area contributed by atoms with E-state index in [4.69, 9.17) is 0 Å². The van der Waals surface area contributed by atoms with Gasteiger partial charge in [0.2, 0.25) is 0 Å². The summed E-state index contributed by atoms with van der Waals surface area (Å²) in [6.07, 6.45) is 4.50. The van der Waals surface area contributed by atoms with Crippen molar-refractivity contribution in [1.29, 1.82) is 0 Å². The van der Waals surface area contributed by atoms with Crippen molar-refractivity contribution in [2.24, 2.45) is 0 Å². The van der Waals surface area contributed by atoms with Gasteiger partial charge in [-0.05, 0) is 31.4 Å². The van der Waals surface area contributed by atoms with Gasteiger partial charge < -0.3 is 5.11 Å². The molecule has 0 spiro atoms. The van der Waals surface area contributed by atoms with Crippen LogP contribution in [0.1, 0.15) is 24.8 Å². The molecule has 0 saturated carbocycles. The van der Waals surface area contributed by atoms with E-state index in [1.54, 1.807) is 0 Å². The van der Waals surface area contributed by atoms with Crippen molar-refractivity contribution in [3.63, 3.8) is 0 Å². The average molecular weight is 272 g/mol. The quantitative estimate of drug-likeness (QED) is 0.372. The van der Waals surface area contributed by atoms with Gasteiger partial charge in [-0.3, -0.25) is 0 Å². The molecule has 1 atom stereocenters. The first-order chi connectivity index (χ1) is 8.89. The third-order valence-corrected chi connectivity index (χ3v) is 6.23. The Balaban J connectivity index is 2.93.